The van der Waals surface area contributed by atoms with Gasteiger partial charge in [0.25, 0.3) is 5.69 Å². The van der Waals surface area contributed by atoms with E-state index in [9.17, 15) is 10.1 Å². The Morgan fingerprint density at radius 1 is 1.35 bits per heavy atom. The lowest BCUT2D eigenvalue weighted by Gasteiger charge is -2.18. The highest BCUT2D eigenvalue weighted by Gasteiger charge is 2.13. The molecular formula is C14H23N3O3. The molecule has 0 radical (unpaired) electrons. The zero-order chi connectivity index (χ0) is 15.0. The number of anilines is 1. The highest BCUT2D eigenvalue weighted by Crippen LogP contribution is 2.27. The first-order valence-electron chi connectivity index (χ1n) is 6.99. The number of non-ortho nitro benzene ring substituents is 1. The van der Waals surface area contributed by atoms with Crippen molar-refractivity contribution in [3.05, 3.63) is 28.3 Å². The van der Waals surface area contributed by atoms with E-state index in [2.05, 4.69) is 12.2 Å². The van der Waals surface area contributed by atoms with Crippen molar-refractivity contribution < 1.29 is 9.66 Å². The van der Waals surface area contributed by atoms with Gasteiger partial charge < -0.3 is 15.8 Å². The Bertz CT molecular complexity index is 438. The second kappa shape index (κ2) is 8.37. The summed E-state index contributed by atoms with van der Waals surface area (Å²) in [6.07, 6.45) is 2.78. The predicted octanol–water partition coefficient (Wildman–Crippen LogP) is 2.92. The first-order chi connectivity index (χ1) is 9.60. The fourth-order valence-corrected chi connectivity index (χ4v) is 1.91. The lowest BCUT2D eigenvalue weighted by molar-refractivity contribution is -0.384. The molecule has 6 heteroatoms. The lowest BCUT2D eigenvalue weighted by Crippen LogP contribution is -2.28. The van der Waals surface area contributed by atoms with Gasteiger partial charge in [0, 0.05) is 30.4 Å². The minimum atomic E-state index is -0.415. The average molecular weight is 281 g/mol. The molecule has 1 aromatic rings. The highest BCUT2D eigenvalue weighted by atomic mass is 16.6. The Morgan fingerprint density at radius 3 is 2.65 bits per heavy atom. The first-order valence-corrected chi connectivity index (χ1v) is 6.99. The summed E-state index contributed by atoms with van der Waals surface area (Å²) in [5, 5.41) is 14.2. The molecule has 1 rings (SSSR count). The number of nitro benzene ring substituents is 1. The molecule has 1 atom stereocenters. The van der Waals surface area contributed by atoms with Crippen LogP contribution in [-0.2, 0) is 0 Å². The summed E-state index contributed by atoms with van der Waals surface area (Å²) in [5.41, 5.74) is 6.39. The zero-order valence-corrected chi connectivity index (χ0v) is 12.1. The third kappa shape index (κ3) is 5.05. The number of hydrogen-bond acceptors (Lipinski definition) is 5. The molecule has 3 N–H and O–H groups in total. The van der Waals surface area contributed by atoms with E-state index in [4.69, 9.17) is 10.5 Å². The molecule has 0 aromatic heterocycles. The van der Waals surface area contributed by atoms with Gasteiger partial charge in [-0.1, -0.05) is 20.3 Å². The average Bonchev–Trinajstić information content (AvgIpc) is 2.44. The van der Waals surface area contributed by atoms with Crippen molar-refractivity contribution in [2.75, 3.05) is 18.5 Å². The molecule has 1 aromatic carbocycles. The summed E-state index contributed by atoms with van der Waals surface area (Å²) in [7, 11) is 0. The molecule has 0 aliphatic heterocycles. The topological polar surface area (TPSA) is 90.4 Å². The molecule has 0 spiro atoms. The van der Waals surface area contributed by atoms with E-state index in [1.54, 1.807) is 6.07 Å². The summed E-state index contributed by atoms with van der Waals surface area (Å²) in [4.78, 5) is 10.5. The molecule has 0 bridgehead atoms. The fourth-order valence-electron chi connectivity index (χ4n) is 1.91. The van der Waals surface area contributed by atoms with Crippen LogP contribution in [0.5, 0.6) is 5.75 Å². The monoisotopic (exact) mass is 281 g/mol. The van der Waals surface area contributed by atoms with E-state index >= 15 is 0 Å². The number of nitrogens with zero attached hydrogens (tertiary/aromatic N) is 1. The van der Waals surface area contributed by atoms with Gasteiger partial charge in [-0.05, 0) is 12.8 Å². The largest absolute Gasteiger partial charge is 0.493 e. The second-order valence-electron chi connectivity index (χ2n) is 4.69. The zero-order valence-electron chi connectivity index (χ0n) is 12.1. The van der Waals surface area contributed by atoms with Crippen molar-refractivity contribution in [3.8, 4) is 5.75 Å². The SMILES string of the molecule is CCCOc1cc(NC(CN)CCC)cc([N+](=O)[O-])c1. The number of rotatable bonds is 9. The standard InChI is InChI=1S/C14H23N3O3/c1-3-5-11(10-15)16-12-7-13(17(18)19)9-14(8-12)20-6-4-2/h7-9,11,16H,3-6,10,15H2,1-2H3. The van der Waals surface area contributed by atoms with Gasteiger partial charge in [-0.25, -0.2) is 0 Å². The third-order valence-corrected chi connectivity index (χ3v) is 2.87. The van der Waals surface area contributed by atoms with Gasteiger partial charge in [-0.15, -0.1) is 0 Å². The van der Waals surface area contributed by atoms with Crippen LogP contribution in [-0.4, -0.2) is 24.1 Å². The van der Waals surface area contributed by atoms with Crippen molar-refractivity contribution in [1.29, 1.82) is 0 Å². The fraction of sp³-hybridized carbons (Fsp3) is 0.571. The number of nitrogens with two attached hydrogens (primary N) is 1. The van der Waals surface area contributed by atoms with Crippen LogP contribution in [0.15, 0.2) is 18.2 Å². The van der Waals surface area contributed by atoms with Gasteiger partial charge in [0.05, 0.1) is 17.6 Å². The van der Waals surface area contributed by atoms with Crippen molar-refractivity contribution in [1.82, 2.24) is 0 Å². The van der Waals surface area contributed by atoms with Crippen LogP contribution in [0.25, 0.3) is 0 Å². The summed E-state index contributed by atoms with van der Waals surface area (Å²) in [6, 6.07) is 4.84. The molecule has 0 amide bonds. The summed E-state index contributed by atoms with van der Waals surface area (Å²) in [5.74, 6) is 0.510. The lowest BCUT2D eigenvalue weighted by atomic mass is 10.1. The quantitative estimate of drug-likeness (QED) is 0.536. The number of hydrogen-bond donors (Lipinski definition) is 2. The molecule has 1 unspecified atom stereocenters. The molecule has 0 saturated heterocycles. The minimum Gasteiger partial charge on any atom is -0.493 e. The van der Waals surface area contributed by atoms with Crippen molar-refractivity contribution in [2.45, 2.75) is 39.2 Å². The first kappa shape index (κ1) is 16.2. The summed E-state index contributed by atoms with van der Waals surface area (Å²) >= 11 is 0. The van der Waals surface area contributed by atoms with Crippen LogP contribution < -0.4 is 15.8 Å². The van der Waals surface area contributed by atoms with E-state index < -0.39 is 4.92 Å². The third-order valence-electron chi connectivity index (χ3n) is 2.87. The van der Waals surface area contributed by atoms with E-state index in [-0.39, 0.29) is 11.7 Å². The van der Waals surface area contributed by atoms with Crippen LogP contribution in [0.4, 0.5) is 11.4 Å². The Balaban J connectivity index is 2.92. The number of ether oxygens (including phenoxy) is 1. The van der Waals surface area contributed by atoms with Gasteiger partial charge in [0.1, 0.15) is 5.75 Å². The van der Waals surface area contributed by atoms with Gasteiger partial charge in [-0.3, -0.25) is 10.1 Å². The Hall–Kier alpha value is -1.82. The molecular weight excluding hydrogens is 258 g/mol. The number of benzene rings is 1. The van der Waals surface area contributed by atoms with Crippen molar-refractivity contribution in [3.63, 3.8) is 0 Å². The minimum absolute atomic E-state index is 0.0216. The van der Waals surface area contributed by atoms with Gasteiger partial charge >= 0.3 is 0 Å². The van der Waals surface area contributed by atoms with E-state index in [1.807, 2.05) is 6.92 Å². The predicted molar refractivity (Wildman–Crippen MR) is 80.3 cm³/mol. The molecule has 6 nitrogen and oxygen atoms in total. The van der Waals surface area contributed by atoms with Gasteiger partial charge in [0.15, 0.2) is 0 Å². The molecule has 0 fully saturated rings. The summed E-state index contributed by atoms with van der Waals surface area (Å²) < 4.78 is 5.49. The van der Waals surface area contributed by atoms with Gasteiger partial charge in [-0.2, -0.15) is 0 Å². The number of nitrogens with one attached hydrogen (secondary N) is 1. The van der Waals surface area contributed by atoms with Crippen LogP contribution in [0, 0.1) is 10.1 Å². The number of nitro groups is 1. The van der Waals surface area contributed by atoms with Gasteiger partial charge in [0.2, 0.25) is 0 Å². The Labute approximate surface area is 119 Å². The van der Waals surface area contributed by atoms with Crippen molar-refractivity contribution >= 4 is 11.4 Å². The highest BCUT2D eigenvalue weighted by molar-refractivity contribution is 5.56. The van der Waals surface area contributed by atoms with Crippen LogP contribution in [0.3, 0.4) is 0 Å². The molecule has 0 aliphatic rings. The van der Waals surface area contributed by atoms with E-state index in [0.29, 0.717) is 24.6 Å². The maximum absolute atomic E-state index is 11.0. The van der Waals surface area contributed by atoms with E-state index in [0.717, 1.165) is 19.3 Å². The molecule has 0 aliphatic carbocycles. The molecule has 0 saturated carbocycles. The maximum Gasteiger partial charge on any atom is 0.275 e. The molecule has 20 heavy (non-hydrogen) atoms. The summed E-state index contributed by atoms with van der Waals surface area (Å²) in [6.45, 7) is 5.09. The molecule has 112 valence electrons. The van der Waals surface area contributed by atoms with Crippen LogP contribution >= 0.6 is 0 Å². The normalized spacial score (nSPS) is 11.9. The maximum atomic E-state index is 11.0. The smallest absolute Gasteiger partial charge is 0.275 e. The van der Waals surface area contributed by atoms with Crippen LogP contribution in [0.1, 0.15) is 33.1 Å². The Morgan fingerprint density at radius 2 is 2.10 bits per heavy atom. The molecule has 0 heterocycles. The Kier molecular flexibility index (Phi) is 6.79. The van der Waals surface area contributed by atoms with E-state index in [1.165, 1.54) is 12.1 Å². The van der Waals surface area contributed by atoms with Crippen LogP contribution in [0.2, 0.25) is 0 Å². The van der Waals surface area contributed by atoms with Crippen molar-refractivity contribution in [2.24, 2.45) is 5.73 Å². The second-order valence-corrected chi connectivity index (χ2v) is 4.69.